The summed E-state index contributed by atoms with van der Waals surface area (Å²) in [5.74, 6) is -0.907. The minimum atomic E-state index is -4.38. The van der Waals surface area contributed by atoms with Gasteiger partial charge in [0.25, 0.3) is 15.1 Å². The predicted molar refractivity (Wildman–Crippen MR) is 111 cm³/mol. The summed E-state index contributed by atoms with van der Waals surface area (Å²) in [4.78, 5) is 42.8. The van der Waals surface area contributed by atoms with Gasteiger partial charge in [-0.15, -0.1) is 10.1 Å². The number of para-hydroxylation sites is 1. The van der Waals surface area contributed by atoms with Crippen molar-refractivity contribution >= 4 is 27.8 Å². The number of likely N-dealkylation sites (tertiary alicyclic amines) is 1. The zero-order chi connectivity index (χ0) is 24.0. The highest BCUT2D eigenvalue weighted by Gasteiger charge is 2.69. The first-order valence-corrected chi connectivity index (χ1v) is 11.1. The SMILES string of the molecule is COC(=O)[C@@H]1C[C@]2(O[N+](=O)[O-])c3ccccc3N(S(=O)(=O)c3ccccc3)[C@@H]2N1C(=O)OC. The first-order valence-electron chi connectivity index (χ1n) is 9.65. The van der Waals surface area contributed by atoms with Crippen molar-refractivity contribution in [2.75, 3.05) is 18.5 Å². The van der Waals surface area contributed by atoms with Crippen molar-refractivity contribution < 1.29 is 37.4 Å². The Balaban J connectivity index is 2.03. The molecule has 13 heteroatoms. The molecule has 1 fully saturated rings. The standard InChI is InChI=1S/C20H19N3O9S/c1-30-17(24)16-12-20(32-23(26)27)14-10-6-7-11-15(14)22(18(20)21(16)19(25)31-2)33(28,29)13-8-4-3-5-9-13/h3-11,16,18H,12H2,1-2H3/t16-,18-,20-/m0/s1. The third-order valence-corrected chi connectivity index (χ3v) is 7.51. The molecule has 12 nitrogen and oxygen atoms in total. The zero-order valence-electron chi connectivity index (χ0n) is 17.5. The molecule has 1 saturated heterocycles. The topological polar surface area (TPSA) is 146 Å². The van der Waals surface area contributed by atoms with Crippen LogP contribution in [0.4, 0.5) is 10.5 Å². The van der Waals surface area contributed by atoms with Gasteiger partial charge >= 0.3 is 12.1 Å². The molecule has 2 aliphatic rings. The van der Waals surface area contributed by atoms with Gasteiger partial charge in [-0.25, -0.2) is 22.3 Å². The summed E-state index contributed by atoms with van der Waals surface area (Å²) < 4.78 is 38.0. The Hall–Kier alpha value is -3.87. The van der Waals surface area contributed by atoms with Crippen LogP contribution >= 0.6 is 0 Å². The average Bonchev–Trinajstić information content (AvgIpc) is 3.27. The summed E-state index contributed by atoms with van der Waals surface area (Å²) in [5, 5.41) is 10.5. The fourth-order valence-electron chi connectivity index (χ4n) is 4.49. The Morgan fingerprint density at radius 3 is 2.30 bits per heavy atom. The molecule has 0 aliphatic carbocycles. The van der Waals surface area contributed by atoms with Crippen LogP contribution in [-0.2, 0) is 34.7 Å². The molecule has 3 atom stereocenters. The largest absolute Gasteiger partial charge is 0.467 e. The first kappa shape index (κ1) is 22.3. The van der Waals surface area contributed by atoms with Crippen LogP contribution in [0.2, 0.25) is 0 Å². The van der Waals surface area contributed by atoms with E-state index in [1.165, 1.54) is 36.4 Å². The van der Waals surface area contributed by atoms with Crippen molar-refractivity contribution in [1.82, 2.24) is 4.90 Å². The maximum absolute atomic E-state index is 13.8. The Morgan fingerprint density at radius 2 is 1.70 bits per heavy atom. The molecule has 0 radical (unpaired) electrons. The number of nitrogens with zero attached hydrogens (tertiary/aromatic N) is 3. The van der Waals surface area contributed by atoms with Crippen molar-refractivity contribution in [2.24, 2.45) is 0 Å². The van der Waals surface area contributed by atoms with Gasteiger partial charge in [0.05, 0.1) is 24.8 Å². The first-order chi connectivity index (χ1) is 15.7. The van der Waals surface area contributed by atoms with E-state index in [4.69, 9.17) is 14.3 Å². The fourth-order valence-corrected chi connectivity index (χ4v) is 6.17. The molecular weight excluding hydrogens is 458 g/mol. The Kier molecular flexibility index (Phi) is 5.36. The third-order valence-electron chi connectivity index (χ3n) is 5.73. The van der Waals surface area contributed by atoms with Gasteiger partial charge in [-0.05, 0) is 18.2 Å². The lowest BCUT2D eigenvalue weighted by Gasteiger charge is -2.36. The number of hydrogen-bond donors (Lipinski definition) is 0. The number of esters is 1. The van der Waals surface area contributed by atoms with Crippen LogP contribution in [-0.4, -0.2) is 56.9 Å². The lowest BCUT2D eigenvalue weighted by Crippen LogP contribution is -2.57. The number of hydrogen-bond acceptors (Lipinski definition) is 9. The van der Waals surface area contributed by atoms with Crippen LogP contribution in [0, 0.1) is 10.1 Å². The number of amides is 1. The molecular formula is C20H19N3O9S. The second-order valence-electron chi connectivity index (χ2n) is 7.33. The molecule has 174 valence electrons. The molecule has 0 aromatic heterocycles. The average molecular weight is 477 g/mol. The summed E-state index contributed by atoms with van der Waals surface area (Å²) in [6.07, 6.45) is -3.15. The monoisotopic (exact) mass is 477 g/mol. The summed E-state index contributed by atoms with van der Waals surface area (Å²) in [6, 6.07) is 11.9. The van der Waals surface area contributed by atoms with Gasteiger partial charge in [0.2, 0.25) is 0 Å². The summed E-state index contributed by atoms with van der Waals surface area (Å²) >= 11 is 0. The fraction of sp³-hybridized carbons (Fsp3) is 0.300. The summed E-state index contributed by atoms with van der Waals surface area (Å²) in [5.41, 5.74) is -1.80. The number of ether oxygens (including phenoxy) is 2. The molecule has 1 amide bonds. The molecule has 0 bridgehead atoms. The van der Waals surface area contributed by atoms with Gasteiger partial charge in [0.15, 0.2) is 11.8 Å². The molecule has 2 aromatic carbocycles. The van der Waals surface area contributed by atoms with Crippen molar-refractivity contribution in [1.29, 1.82) is 0 Å². The molecule has 0 spiro atoms. The van der Waals surface area contributed by atoms with E-state index in [2.05, 4.69) is 0 Å². The van der Waals surface area contributed by atoms with Crippen LogP contribution in [0.3, 0.4) is 0 Å². The van der Waals surface area contributed by atoms with Crippen LogP contribution in [0.25, 0.3) is 0 Å². The number of carbonyl (C=O) groups excluding carboxylic acids is 2. The molecule has 0 N–H and O–H groups in total. The van der Waals surface area contributed by atoms with Gasteiger partial charge in [-0.2, -0.15) is 0 Å². The smallest absolute Gasteiger partial charge is 0.412 e. The van der Waals surface area contributed by atoms with Crippen molar-refractivity contribution in [3.05, 3.63) is 70.3 Å². The number of benzene rings is 2. The number of carbonyl (C=O) groups is 2. The van der Waals surface area contributed by atoms with E-state index in [-0.39, 0.29) is 16.1 Å². The maximum Gasteiger partial charge on any atom is 0.412 e. The van der Waals surface area contributed by atoms with Gasteiger partial charge < -0.3 is 9.47 Å². The van der Waals surface area contributed by atoms with E-state index < -0.39 is 51.4 Å². The van der Waals surface area contributed by atoms with E-state index in [9.17, 15) is 28.1 Å². The second-order valence-corrected chi connectivity index (χ2v) is 9.14. The van der Waals surface area contributed by atoms with Crippen LogP contribution in [0.1, 0.15) is 12.0 Å². The highest BCUT2D eigenvalue weighted by molar-refractivity contribution is 7.92. The number of anilines is 1. The van der Waals surface area contributed by atoms with Crippen molar-refractivity contribution in [3.8, 4) is 0 Å². The lowest BCUT2D eigenvalue weighted by atomic mass is 9.91. The highest BCUT2D eigenvalue weighted by atomic mass is 32.2. The normalized spacial score (nSPS) is 23.5. The molecule has 33 heavy (non-hydrogen) atoms. The Morgan fingerprint density at radius 1 is 1.06 bits per heavy atom. The molecule has 0 saturated carbocycles. The minimum absolute atomic E-state index is 0.0745. The molecule has 4 rings (SSSR count). The highest BCUT2D eigenvalue weighted by Crippen LogP contribution is 2.56. The van der Waals surface area contributed by atoms with Crippen LogP contribution in [0.5, 0.6) is 0 Å². The number of methoxy groups -OCH3 is 2. The second kappa shape index (κ2) is 7.92. The zero-order valence-corrected chi connectivity index (χ0v) is 18.3. The molecule has 2 heterocycles. The quantitative estimate of drug-likeness (QED) is 0.356. The van der Waals surface area contributed by atoms with Crippen LogP contribution in [0.15, 0.2) is 59.5 Å². The maximum atomic E-state index is 13.8. The van der Waals surface area contributed by atoms with Crippen molar-refractivity contribution in [3.63, 3.8) is 0 Å². The van der Waals surface area contributed by atoms with Gasteiger partial charge in [0, 0.05) is 12.0 Å². The lowest BCUT2D eigenvalue weighted by molar-refractivity contribution is -0.784. The van der Waals surface area contributed by atoms with Crippen molar-refractivity contribution in [2.45, 2.75) is 29.1 Å². The number of fused-ring (bicyclic) bond motifs is 3. The van der Waals surface area contributed by atoms with Gasteiger partial charge in [-0.1, -0.05) is 36.4 Å². The summed E-state index contributed by atoms with van der Waals surface area (Å²) in [7, 11) is -2.25. The van der Waals surface area contributed by atoms with Gasteiger partial charge in [-0.3, -0.25) is 9.74 Å². The Bertz CT molecular complexity index is 1220. The van der Waals surface area contributed by atoms with Gasteiger partial charge in [0.1, 0.15) is 6.04 Å². The molecule has 2 aromatic rings. The van der Waals surface area contributed by atoms with E-state index in [1.54, 1.807) is 18.2 Å². The minimum Gasteiger partial charge on any atom is -0.467 e. The van der Waals surface area contributed by atoms with E-state index in [1.807, 2.05) is 0 Å². The third kappa shape index (κ3) is 3.23. The van der Waals surface area contributed by atoms with Crippen LogP contribution < -0.4 is 4.31 Å². The molecule has 2 aliphatic heterocycles. The predicted octanol–water partition coefficient (Wildman–Crippen LogP) is 1.64. The number of sulfonamides is 1. The summed E-state index contributed by atoms with van der Waals surface area (Å²) in [6.45, 7) is 0. The number of rotatable bonds is 5. The van der Waals surface area contributed by atoms with E-state index in [0.29, 0.717) is 0 Å². The Labute approximate surface area is 188 Å². The van der Waals surface area contributed by atoms with E-state index in [0.717, 1.165) is 23.4 Å². The van der Waals surface area contributed by atoms with E-state index >= 15 is 0 Å². The molecule has 0 unspecified atom stereocenters.